The van der Waals surface area contributed by atoms with Gasteiger partial charge < -0.3 is 5.11 Å². The predicted molar refractivity (Wildman–Crippen MR) is 70.6 cm³/mol. The maximum Gasteiger partial charge on any atom is 0.0490 e. The third-order valence-corrected chi connectivity index (χ3v) is 6.88. The lowest BCUT2D eigenvalue weighted by Gasteiger charge is -2.43. The van der Waals surface area contributed by atoms with Crippen molar-refractivity contribution in [1.82, 2.24) is 0 Å². The molecule has 2 bridgehead atoms. The smallest absolute Gasteiger partial charge is 0.0490 e. The first-order chi connectivity index (χ1) is 8.16. The maximum atomic E-state index is 9.87. The first-order valence-corrected chi connectivity index (χ1v) is 7.77. The Labute approximate surface area is 106 Å². The number of hydrogen-bond donors (Lipinski definition) is 1. The maximum absolute atomic E-state index is 9.87. The van der Waals surface area contributed by atoms with E-state index in [1.54, 1.807) is 0 Å². The Morgan fingerprint density at radius 2 is 1.94 bits per heavy atom. The summed E-state index contributed by atoms with van der Waals surface area (Å²) < 4.78 is 0. The van der Waals surface area contributed by atoms with E-state index in [0.717, 1.165) is 35.5 Å². The van der Waals surface area contributed by atoms with Crippen molar-refractivity contribution >= 4 is 0 Å². The third-order valence-electron chi connectivity index (χ3n) is 6.88. The highest BCUT2D eigenvalue weighted by Gasteiger charge is 2.63. The Bertz CT molecular complexity index is 294. The molecule has 0 spiro atoms. The highest BCUT2D eigenvalue weighted by molar-refractivity contribution is 5.11. The minimum Gasteiger partial charge on any atom is -0.396 e. The van der Waals surface area contributed by atoms with Gasteiger partial charge >= 0.3 is 0 Å². The molecule has 0 aromatic rings. The standard InChI is InChI=1S/C16H28O/c1-4-11-6-10(3)14-13-7-12(15(11)14)8-16(13,5-2)9-17/h10-15,17H,4-9H2,1-3H3. The Balaban J connectivity index is 1.89. The van der Waals surface area contributed by atoms with E-state index in [1.165, 1.54) is 32.1 Å². The van der Waals surface area contributed by atoms with E-state index >= 15 is 0 Å². The Morgan fingerprint density at radius 1 is 1.18 bits per heavy atom. The molecule has 98 valence electrons. The van der Waals surface area contributed by atoms with Crippen molar-refractivity contribution < 1.29 is 5.11 Å². The number of aliphatic hydroxyl groups excluding tert-OH is 1. The van der Waals surface area contributed by atoms with Gasteiger partial charge in [-0.3, -0.25) is 0 Å². The molecule has 7 atom stereocenters. The van der Waals surface area contributed by atoms with Crippen molar-refractivity contribution in [3.63, 3.8) is 0 Å². The normalized spacial score (nSPS) is 56.5. The average Bonchev–Trinajstić information content (AvgIpc) is 2.98. The highest BCUT2D eigenvalue weighted by Crippen LogP contribution is 2.69. The van der Waals surface area contributed by atoms with Crippen LogP contribution in [0.25, 0.3) is 0 Å². The van der Waals surface area contributed by atoms with Crippen LogP contribution in [0.5, 0.6) is 0 Å². The van der Waals surface area contributed by atoms with Gasteiger partial charge in [0.1, 0.15) is 0 Å². The van der Waals surface area contributed by atoms with Gasteiger partial charge in [-0.2, -0.15) is 0 Å². The van der Waals surface area contributed by atoms with Crippen molar-refractivity contribution in [2.45, 2.75) is 52.9 Å². The van der Waals surface area contributed by atoms with Crippen molar-refractivity contribution in [2.75, 3.05) is 6.61 Å². The topological polar surface area (TPSA) is 20.2 Å². The number of fused-ring (bicyclic) bond motifs is 5. The van der Waals surface area contributed by atoms with Gasteiger partial charge in [-0.15, -0.1) is 0 Å². The summed E-state index contributed by atoms with van der Waals surface area (Å²) in [4.78, 5) is 0. The Hall–Kier alpha value is -0.0400. The zero-order valence-corrected chi connectivity index (χ0v) is 11.7. The van der Waals surface area contributed by atoms with Crippen molar-refractivity contribution in [1.29, 1.82) is 0 Å². The summed E-state index contributed by atoms with van der Waals surface area (Å²) in [6, 6.07) is 0. The number of aliphatic hydroxyl groups is 1. The van der Waals surface area contributed by atoms with Gasteiger partial charge in [-0.25, -0.2) is 0 Å². The summed E-state index contributed by atoms with van der Waals surface area (Å²) in [5.74, 6) is 5.68. The summed E-state index contributed by atoms with van der Waals surface area (Å²) in [5.41, 5.74) is 0.308. The molecule has 1 heteroatoms. The third kappa shape index (κ3) is 1.41. The van der Waals surface area contributed by atoms with Crippen LogP contribution in [0, 0.1) is 40.9 Å². The lowest BCUT2D eigenvalue weighted by molar-refractivity contribution is 0.00191. The summed E-state index contributed by atoms with van der Waals surface area (Å²) >= 11 is 0. The first-order valence-electron chi connectivity index (χ1n) is 7.77. The molecule has 3 aliphatic carbocycles. The summed E-state index contributed by atoms with van der Waals surface area (Å²) in [7, 11) is 0. The quantitative estimate of drug-likeness (QED) is 0.792. The van der Waals surface area contributed by atoms with Crippen LogP contribution in [0.3, 0.4) is 0 Å². The van der Waals surface area contributed by atoms with Gasteiger partial charge in [0.25, 0.3) is 0 Å². The summed E-state index contributed by atoms with van der Waals surface area (Å²) in [5, 5.41) is 9.87. The van der Waals surface area contributed by atoms with E-state index in [0.29, 0.717) is 12.0 Å². The summed E-state index contributed by atoms with van der Waals surface area (Å²) in [6.07, 6.45) is 6.80. The zero-order chi connectivity index (χ0) is 12.2. The molecule has 3 aliphatic rings. The van der Waals surface area contributed by atoms with Gasteiger partial charge in [-0.1, -0.05) is 27.2 Å². The number of hydrogen-bond acceptors (Lipinski definition) is 1. The molecule has 3 saturated carbocycles. The first kappa shape index (κ1) is 12.0. The van der Waals surface area contributed by atoms with E-state index in [1.807, 2.05) is 0 Å². The van der Waals surface area contributed by atoms with E-state index in [4.69, 9.17) is 0 Å². The molecule has 17 heavy (non-hydrogen) atoms. The second-order valence-electron chi connectivity index (χ2n) is 7.22. The van der Waals surface area contributed by atoms with Gasteiger partial charge in [0.2, 0.25) is 0 Å². The van der Waals surface area contributed by atoms with E-state index < -0.39 is 0 Å². The van der Waals surface area contributed by atoms with Crippen LogP contribution in [0.1, 0.15) is 52.9 Å². The average molecular weight is 236 g/mol. The summed E-state index contributed by atoms with van der Waals surface area (Å²) in [6.45, 7) is 7.59. The lowest BCUT2D eigenvalue weighted by atomic mass is 9.62. The van der Waals surface area contributed by atoms with Crippen LogP contribution < -0.4 is 0 Å². The molecule has 0 radical (unpaired) electrons. The van der Waals surface area contributed by atoms with Crippen LogP contribution in [0.4, 0.5) is 0 Å². The van der Waals surface area contributed by atoms with Crippen molar-refractivity contribution in [2.24, 2.45) is 40.9 Å². The fourth-order valence-electron chi connectivity index (χ4n) is 6.18. The number of rotatable bonds is 3. The monoisotopic (exact) mass is 236 g/mol. The zero-order valence-electron chi connectivity index (χ0n) is 11.7. The minimum absolute atomic E-state index is 0.308. The van der Waals surface area contributed by atoms with Crippen LogP contribution in [-0.4, -0.2) is 11.7 Å². The Morgan fingerprint density at radius 3 is 2.53 bits per heavy atom. The molecular weight excluding hydrogens is 208 g/mol. The SMILES string of the molecule is CCC1CC(C)C2C1C1CC2C(CC)(CO)C1. The molecule has 1 N–H and O–H groups in total. The van der Waals surface area contributed by atoms with E-state index in [2.05, 4.69) is 20.8 Å². The molecule has 0 saturated heterocycles. The van der Waals surface area contributed by atoms with Crippen LogP contribution >= 0.6 is 0 Å². The van der Waals surface area contributed by atoms with Gasteiger partial charge in [0, 0.05) is 6.61 Å². The molecule has 7 unspecified atom stereocenters. The molecule has 0 aromatic carbocycles. The largest absolute Gasteiger partial charge is 0.396 e. The Kier molecular flexibility index (Phi) is 2.81. The lowest BCUT2D eigenvalue weighted by Crippen LogP contribution is -2.40. The van der Waals surface area contributed by atoms with E-state index in [9.17, 15) is 5.11 Å². The van der Waals surface area contributed by atoms with Crippen molar-refractivity contribution in [3.8, 4) is 0 Å². The molecular formula is C16H28O. The van der Waals surface area contributed by atoms with Gasteiger partial charge in [-0.05, 0) is 66.6 Å². The second-order valence-corrected chi connectivity index (χ2v) is 7.22. The molecule has 3 rings (SSSR count). The van der Waals surface area contributed by atoms with Crippen LogP contribution in [0.15, 0.2) is 0 Å². The molecule has 1 nitrogen and oxygen atoms in total. The van der Waals surface area contributed by atoms with Crippen LogP contribution in [-0.2, 0) is 0 Å². The van der Waals surface area contributed by atoms with Crippen molar-refractivity contribution in [3.05, 3.63) is 0 Å². The van der Waals surface area contributed by atoms with Crippen LogP contribution in [0.2, 0.25) is 0 Å². The molecule has 0 amide bonds. The molecule has 0 aliphatic heterocycles. The highest BCUT2D eigenvalue weighted by atomic mass is 16.3. The second kappa shape index (κ2) is 3.98. The fourth-order valence-corrected chi connectivity index (χ4v) is 6.18. The minimum atomic E-state index is 0.308. The van der Waals surface area contributed by atoms with Gasteiger partial charge in [0.15, 0.2) is 0 Å². The van der Waals surface area contributed by atoms with Gasteiger partial charge in [0.05, 0.1) is 0 Å². The molecule has 0 heterocycles. The fraction of sp³-hybridized carbons (Fsp3) is 1.00. The molecule has 0 aromatic heterocycles. The predicted octanol–water partition coefficient (Wildman–Crippen LogP) is 3.71. The molecule has 3 fully saturated rings. The van der Waals surface area contributed by atoms with E-state index in [-0.39, 0.29) is 0 Å².